The summed E-state index contributed by atoms with van der Waals surface area (Å²) in [7, 11) is 0. The summed E-state index contributed by atoms with van der Waals surface area (Å²) >= 11 is 0. The second-order valence-corrected chi connectivity index (χ2v) is 23.2. The third-order valence-electron chi connectivity index (χ3n) is 15.5. The molecule has 0 saturated heterocycles. The van der Waals surface area contributed by atoms with E-state index in [1.807, 2.05) is 0 Å². The number of aliphatic hydroxyl groups is 1. The van der Waals surface area contributed by atoms with Crippen molar-refractivity contribution in [2.24, 2.45) is 0 Å². The summed E-state index contributed by atoms with van der Waals surface area (Å²) in [6.07, 6.45) is 95.1. The van der Waals surface area contributed by atoms with Crippen molar-refractivity contribution in [2.45, 2.75) is 367 Å². The van der Waals surface area contributed by atoms with Crippen LogP contribution in [0.25, 0.3) is 0 Å². The molecule has 0 radical (unpaired) electrons. The smallest absolute Gasteiger partial charge is 0.306 e. The molecule has 0 aliphatic rings. The molecule has 1 atom stereocenters. The number of unbranched alkanes of at least 4 members (excludes halogenated alkanes) is 44. The van der Waals surface area contributed by atoms with Gasteiger partial charge in [0.1, 0.15) is 6.61 Å². The van der Waals surface area contributed by atoms with Crippen molar-refractivity contribution < 1.29 is 24.2 Å². The van der Waals surface area contributed by atoms with E-state index >= 15 is 0 Å². The molecular weight excluding hydrogens is 957 g/mol. The summed E-state index contributed by atoms with van der Waals surface area (Å²) in [6, 6.07) is 0. The Morgan fingerprint density at radius 2 is 0.551 bits per heavy atom. The Morgan fingerprint density at radius 1 is 0.308 bits per heavy atom. The van der Waals surface area contributed by atoms with Crippen LogP contribution in [0.4, 0.5) is 0 Å². The largest absolute Gasteiger partial charge is 0.462 e. The van der Waals surface area contributed by atoms with Crippen LogP contribution in [-0.4, -0.2) is 36.4 Å². The zero-order valence-corrected chi connectivity index (χ0v) is 52.2. The molecule has 0 spiro atoms. The number of esters is 2. The third kappa shape index (κ3) is 65.9. The van der Waals surface area contributed by atoms with E-state index in [0.29, 0.717) is 12.8 Å². The molecule has 78 heavy (non-hydrogen) atoms. The van der Waals surface area contributed by atoms with Crippen molar-refractivity contribution in [3.05, 3.63) is 72.9 Å². The molecule has 0 aliphatic carbocycles. The molecule has 0 heterocycles. The van der Waals surface area contributed by atoms with Crippen molar-refractivity contribution >= 4 is 11.9 Å². The summed E-state index contributed by atoms with van der Waals surface area (Å²) in [5, 5.41) is 9.70. The molecule has 5 heteroatoms. The molecule has 0 aromatic heterocycles. The van der Waals surface area contributed by atoms with Gasteiger partial charge in [-0.25, -0.2) is 0 Å². The van der Waals surface area contributed by atoms with E-state index in [1.165, 1.54) is 263 Å². The topological polar surface area (TPSA) is 72.8 Å². The first-order chi connectivity index (χ1) is 38.6. The van der Waals surface area contributed by atoms with Gasteiger partial charge < -0.3 is 14.6 Å². The van der Waals surface area contributed by atoms with E-state index in [-0.39, 0.29) is 25.2 Å². The van der Waals surface area contributed by atoms with Crippen LogP contribution in [0.5, 0.6) is 0 Å². The lowest BCUT2D eigenvalue weighted by molar-refractivity contribution is -0.161. The van der Waals surface area contributed by atoms with Gasteiger partial charge in [-0.05, 0) is 83.5 Å². The first-order valence-corrected chi connectivity index (χ1v) is 34.5. The van der Waals surface area contributed by atoms with Crippen LogP contribution in [0.2, 0.25) is 0 Å². The SMILES string of the molecule is CC/C=C\C/C=C\C/C=C\C/C=C\CCCCCCCCCCCCCCCCCCC(=O)OC(CO)COC(=O)CCCCCCCCCCCCCCCCCCCCCCCCC/C=C\C/C=C\CCCCCCC. The molecule has 0 rings (SSSR count). The molecule has 0 amide bonds. The molecule has 0 aromatic rings. The van der Waals surface area contributed by atoms with Gasteiger partial charge in [0.2, 0.25) is 0 Å². The first kappa shape index (κ1) is 75.3. The van der Waals surface area contributed by atoms with Gasteiger partial charge in [-0.3, -0.25) is 9.59 Å². The number of allylic oxidation sites excluding steroid dienone is 12. The predicted octanol–water partition coefficient (Wildman–Crippen LogP) is 23.9. The van der Waals surface area contributed by atoms with E-state index in [9.17, 15) is 14.7 Å². The lowest BCUT2D eigenvalue weighted by atomic mass is 10.0. The summed E-state index contributed by atoms with van der Waals surface area (Å²) in [4.78, 5) is 24.6. The second kappa shape index (κ2) is 68.6. The third-order valence-corrected chi connectivity index (χ3v) is 15.5. The van der Waals surface area contributed by atoms with E-state index in [0.717, 1.165) is 70.6 Å². The number of rotatable bonds is 64. The minimum atomic E-state index is -0.773. The van der Waals surface area contributed by atoms with Gasteiger partial charge in [-0.15, -0.1) is 0 Å². The van der Waals surface area contributed by atoms with E-state index in [2.05, 4.69) is 86.8 Å². The van der Waals surface area contributed by atoms with E-state index in [1.54, 1.807) is 0 Å². The first-order valence-electron chi connectivity index (χ1n) is 34.5. The normalized spacial score (nSPS) is 12.6. The lowest BCUT2D eigenvalue weighted by Gasteiger charge is -2.15. The Labute approximate surface area is 486 Å². The standard InChI is InChI=1S/C73H132O5/c1-3-5-7-9-11-13-15-17-19-21-23-25-27-29-31-33-34-35-36-37-38-40-41-43-45-47-49-51-53-55-57-59-61-63-65-67-72(75)77-70-71(69-74)78-73(76)68-66-64-62-60-58-56-54-52-50-48-46-44-42-39-32-30-28-26-24-22-20-18-16-14-12-10-8-6-4-2/h6,8,12,14-15,17-18,20-21,23-24,26,71,74H,3-5,7,9-11,13,16,19,22,25,27-70H2,1-2H3/b8-6-,14-12-,17-15-,20-18-,23-21-,26-24-. The molecule has 1 unspecified atom stereocenters. The minimum Gasteiger partial charge on any atom is -0.462 e. The van der Waals surface area contributed by atoms with Crippen molar-refractivity contribution in [1.29, 1.82) is 0 Å². The Kier molecular flexibility index (Phi) is 66.3. The average molecular weight is 1090 g/mol. The summed E-state index contributed by atoms with van der Waals surface area (Å²) in [5.74, 6) is -0.573. The zero-order chi connectivity index (χ0) is 56.2. The van der Waals surface area contributed by atoms with Gasteiger partial charge in [0, 0.05) is 12.8 Å². The second-order valence-electron chi connectivity index (χ2n) is 23.2. The quantitative estimate of drug-likeness (QED) is 0.0373. The molecule has 1 N–H and O–H groups in total. The Balaban J connectivity index is 3.41. The fourth-order valence-corrected chi connectivity index (χ4v) is 10.3. The molecule has 0 saturated carbocycles. The Bertz CT molecular complexity index is 1370. The van der Waals surface area contributed by atoms with Gasteiger partial charge in [-0.2, -0.15) is 0 Å². The molecule has 0 aromatic carbocycles. The van der Waals surface area contributed by atoms with Crippen LogP contribution >= 0.6 is 0 Å². The van der Waals surface area contributed by atoms with Crippen molar-refractivity contribution in [2.75, 3.05) is 13.2 Å². The summed E-state index contributed by atoms with van der Waals surface area (Å²) < 4.78 is 10.8. The average Bonchev–Trinajstić information content (AvgIpc) is 3.44. The monoisotopic (exact) mass is 1090 g/mol. The van der Waals surface area contributed by atoms with Crippen LogP contribution in [-0.2, 0) is 19.1 Å². The molecule has 0 fully saturated rings. The molecule has 5 nitrogen and oxygen atoms in total. The number of ether oxygens (including phenoxy) is 2. The minimum absolute atomic E-state index is 0.0626. The lowest BCUT2D eigenvalue weighted by Crippen LogP contribution is -2.28. The van der Waals surface area contributed by atoms with Crippen molar-refractivity contribution in [3.63, 3.8) is 0 Å². The molecule has 454 valence electrons. The van der Waals surface area contributed by atoms with Crippen LogP contribution in [0.1, 0.15) is 361 Å². The van der Waals surface area contributed by atoms with Gasteiger partial charge in [0.05, 0.1) is 6.61 Å². The van der Waals surface area contributed by atoms with Crippen LogP contribution in [0.3, 0.4) is 0 Å². The Morgan fingerprint density at radius 3 is 0.833 bits per heavy atom. The van der Waals surface area contributed by atoms with Crippen LogP contribution in [0.15, 0.2) is 72.9 Å². The number of hydrogen-bond acceptors (Lipinski definition) is 5. The number of carbonyl (C=O) groups is 2. The maximum atomic E-state index is 12.4. The summed E-state index contributed by atoms with van der Waals surface area (Å²) in [5.41, 5.74) is 0. The highest BCUT2D eigenvalue weighted by Crippen LogP contribution is 2.18. The summed E-state index contributed by atoms with van der Waals surface area (Å²) in [6.45, 7) is 4.06. The van der Waals surface area contributed by atoms with Crippen molar-refractivity contribution in [3.8, 4) is 0 Å². The zero-order valence-electron chi connectivity index (χ0n) is 52.2. The van der Waals surface area contributed by atoms with Crippen molar-refractivity contribution in [1.82, 2.24) is 0 Å². The van der Waals surface area contributed by atoms with Gasteiger partial charge >= 0.3 is 11.9 Å². The van der Waals surface area contributed by atoms with Gasteiger partial charge in [0.25, 0.3) is 0 Å². The van der Waals surface area contributed by atoms with Crippen LogP contribution < -0.4 is 0 Å². The van der Waals surface area contributed by atoms with Gasteiger partial charge in [0.15, 0.2) is 6.10 Å². The van der Waals surface area contributed by atoms with Gasteiger partial charge in [-0.1, -0.05) is 337 Å². The van der Waals surface area contributed by atoms with E-state index < -0.39 is 6.10 Å². The molecule has 0 aliphatic heterocycles. The maximum Gasteiger partial charge on any atom is 0.306 e. The Hall–Kier alpha value is -2.66. The number of carbonyl (C=O) groups excluding carboxylic acids is 2. The highest BCUT2D eigenvalue weighted by molar-refractivity contribution is 5.70. The highest BCUT2D eigenvalue weighted by Gasteiger charge is 2.16. The fourth-order valence-electron chi connectivity index (χ4n) is 10.3. The number of hydrogen-bond donors (Lipinski definition) is 1. The van der Waals surface area contributed by atoms with Crippen LogP contribution in [0, 0.1) is 0 Å². The maximum absolute atomic E-state index is 12.4. The molecule has 0 bridgehead atoms. The van der Waals surface area contributed by atoms with E-state index in [4.69, 9.17) is 9.47 Å². The number of aliphatic hydroxyl groups excluding tert-OH is 1. The fraction of sp³-hybridized carbons (Fsp3) is 0.808. The predicted molar refractivity (Wildman–Crippen MR) is 343 cm³/mol. The highest BCUT2D eigenvalue weighted by atomic mass is 16.6. The molecular formula is C73H132O5.